The van der Waals surface area contributed by atoms with Gasteiger partial charge in [-0.15, -0.1) is 13.2 Å². The number of carbonyl (C=O) groups excluding carboxylic acids is 1. The minimum Gasteiger partial charge on any atom is -0.405 e. The Hall–Kier alpha value is -1.28. The lowest BCUT2D eigenvalue weighted by Gasteiger charge is -2.27. The lowest BCUT2D eigenvalue weighted by Crippen LogP contribution is -2.41. The third-order valence-electron chi connectivity index (χ3n) is 2.44. The number of ether oxygens (including phenoxy) is 2. The molecular formula is C11H9BrF3NO3. The predicted molar refractivity (Wildman–Crippen MR) is 64.0 cm³/mol. The fourth-order valence-electron chi connectivity index (χ4n) is 1.66. The van der Waals surface area contributed by atoms with Crippen LogP contribution in [0.5, 0.6) is 5.75 Å². The second-order valence-electron chi connectivity index (χ2n) is 3.76. The molecule has 0 aromatic heterocycles. The van der Waals surface area contributed by atoms with Gasteiger partial charge < -0.3 is 14.4 Å². The van der Waals surface area contributed by atoms with Gasteiger partial charge in [-0.2, -0.15) is 0 Å². The molecule has 1 aliphatic heterocycles. The van der Waals surface area contributed by atoms with Crippen LogP contribution in [0.2, 0.25) is 0 Å². The van der Waals surface area contributed by atoms with Crippen molar-refractivity contribution < 1.29 is 27.4 Å². The summed E-state index contributed by atoms with van der Waals surface area (Å²) >= 11 is 2.99. The molecule has 2 rings (SSSR count). The quantitative estimate of drug-likeness (QED) is 0.831. The van der Waals surface area contributed by atoms with E-state index in [1.165, 1.54) is 17.0 Å². The fourth-order valence-corrected chi connectivity index (χ4v) is 2.10. The van der Waals surface area contributed by atoms with Crippen molar-refractivity contribution in [2.75, 3.05) is 24.7 Å². The van der Waals surface area contributed by atoms with Crippen molar-refractivity contribution in [1.82, 2.24) is 0 Å². The highest BCUT2D eigenvalue weighted by Crippen LogP contribution is 2.33. The molecule has 0 N–H and O–H groups in total. The van der Waals surface area contributed by atoms with Crippen LogP contribution in [0.1, 0.15) is 0 Å². The van der Waals surface area contributed by atoms with Crippen LogP contribution in [0, 0.1) is 0 Å². The number of halogens is 4. The van der Waals surface area contributed by atoms with E-state index in [4.69, 9.17) is 4.74 Å². The monoisotopic (exact) mass is 339 g/mol. The molecule has 1 aromatic carbocycles. The molecule has 1 fully saturated rings. The van der Waals surface area contributed by atoms with Gasteiger partial charge in [0.15, 0.2) is 0 Å². The van der Waals surface area contributed by atoms with E-state index in [9.17, 15) is 18.0 Å². The smallest absolute Gasteiger partial charge is 0.405 e. The normalized spacial score (nSPS) is 16.6. The van der Waals surface area contributed by atoms with Crippen LogP contribution in [0.3, 0.4) is 0 Å². The maximum absolute atomic E-state index is 12.1. The van der Waals surface area contributed by atoms with Crippen molar-refractivity contribution in [2.24, 2.45) is 0 Å². The van der Waals surface area contributed by atoms with Crippen molar-refractivity contribution in [3.63, 3.8) is 0 Å². The summed E-state index contributed by atoms with van der Waals surface area (Å²) in [5.41, 5.74) is 0.495. The lowest BCUT2D eigenvalue weighted by atomic mass is 10.2. The first-order chi connectivity index (χ1) is 8.87. The second kappa shape index (κ2) is 5.38. The van der Waals surface area contributed by atoms with Crippen molar-refractivity contribution >= 4 is 27.5 Å². The molecule has 1 aromatic rings. The molecule has 4 nitrogen and oxygen atoms in total. The van der Waals surface area contributed by atoms with Crippen molar-refractivity contribution in [3.05, 3.63) is 22.7 Å². The van der Waals surface area contributed by atoms with Gasteiger partial charge in [0.05, 0.1) is 11.1 Å². The van der Waals surface area contributed by atoms with Crippen LogP contribution in [-0.2, 0) is 9.53 Å². The summed E-state index contributed by atoms with van der Waals surface area (Å²) in [5, 5.41) is 0. The van der Waals surface area contributed by atoms with Crippen LogP contribution in [0.25, 0.3) is 0 Å². The van der Waals surface area contributed by atoms with Gasteiger partial charge in [0.25, 0.3) is 5.91 Å². The first-order valence-corrected chi connectivity index (χ1v) is 6.09. The zero-order valence-corrected chi connectivity index (χ0v) is 11.1. The zero-order chi connectivity index (χ0) is 14.0. The summed E-state index contributed by atoms with van der Waals surface area (Å²) in [6.45, 7) is 0.729. The summed E-state index contributed by atoms with van der Waals surface area (Å²) in [5.74, 6) is -0.584. The van der Waals surface area contributed by atoms with E-state index in [1.807, 2.05) is 0 Å². The summed E-state index contributed by atoms with van der Waals surface area (Å²) in [6, 6.07) is 3.97. The lowest BCUT2D eigenvalue weighted by molar-refractivity contribution is -0.274. The molecule has 0 bridgehead atoms. The molecule has 0 unspecified atom stereocenters. The Morgan fingerprint density at radius 2 is 2.11 bits per heavy atom. The van der Waals surface area contributed by atoms with E-state index in [0.717, 1.165) is 6.07 Å². The maximum atomic E-state index is 12.1. The van der Waals surface area contributed by atoms with Gasteiger partial charge in [-0.3, -0.25) is 4.79 Å². The number of hydrogen-bond donors (Lipinski definition) is 0. The maximum Gasteiger partial charge on any atom is 0.573 e. The number of benzene rings is 1. The molecule has 0 spiro atoms. The zero-order valence-electron chi connectivity index (χ0n) is 9.54. The molecule has 0 saturated carbocycles. The number of hydrogen-bond acceptors (Lipinski definition) is 3. The van der Waals surface area contributed by atoms with Crippen molar-refractivity contribution in [1.29, 1.82) is 0 Å². The second-order valence-corrected chi connectivity index (χ2v) is 4.61. The molecule has 104 valence electrons. The summed E-state index contributed by atoms with van der Waals surface area (Å²) < 4.78 is 45.3. The first kappa shape index (κ1) is 14.1. The van der Waals surface area contributed by atoms with Crippen LogP contribution in [-0.4, -0.2) is 32.0 Å². The van der Waals surface area contributed by atoms with E-state index in [1.54, 1.807) is 0 Å². The number of amides is 1. The molecule has 19 heavy (non-hydrogen) atoms. The molecule has 1 amide bonds. The highest BCUT2D eigenvalue weighted by molar-refractivity contribution is 9.10. The van der Waals surface area contributed by atoms with Crippen LogP contribution in [0.4, 0.5) is 18.9 Å². The number of anilines is 1. The average molecular weight is 340 g/mol. The molecular weight excluding hydrogens is 331 g/mol. The molecule has 1 aliphatic rings. The first-order valence-electron chi connectivity index (χ1n) is 5.30. The highest BCUT2D eigenvalue weighted by Gasteiger charge is 2.32. The number of morpholine rings is 1. The third-order valence-corrected chi connectivity index (χ3v) is 3.06. The van der Waals surface area contributed by atoms with Crippen LogP contribution >= 0.6 is 15.9 Å². The SMILES string of the molecule is O=C1COCCN1c1ccc(OC(F)(F)F)c(Br)c1. The minimum atomic E-state index is -4.75. The summed E-state index contributed by atoms with van der Waals surface area (Å²) in [7, 11) is 0. The van der Waals surface area contributed by atoms with Gasteiger partial charge in [-0.25, -0.2) is 0 Å². The minimum absolute atomic E-state index is 0.0293. The molecule has 0 aliphatic carbocycles. The number of nitrogens with zero attached hydrogens (tertiary/aromatic N) is 1. The Bertz CT molecular complexity index is 493. The van der Waals surface area contributed by atoms with Gasteiger partial charge in [-0.1, -0.05) is 0 Å². The number of rotatable bonds is 2. The Morgan fingerprint density at radius 3 is 2.68 bits per heavy atom. The standard InChI is InChI=1S/C11H9BrF3NO3/c12-8-5-7(16-3-4-18-6-10(16)17)1-2-9(8)19-11(13,14)15/h1-2,5H,3-4,6H2. The molecule has 0 radical (unpaired) electrons. The fraction of sp³-hybridized carbons (Fsp3) is 0.364. The predicted octanol–water partition coefficient (Wildman–Crippen LogP) is 2.71. The summed E-state index contributed by atoms with van der Waals surface area (Å²) in [6.07, 6.45) is -4.75. The Kier molecular flexibility index (Phi) is 4.00. The molecule has 0 atom stereocenters. The van der Waals surface area contributed by atoms with Crippen molar-refractivity contribution in [2.45, 2.75) is 6.36 Å². The van der Waals surface area contributed by atoms with Crippen LogP contribution in [0.15, 0.2) is 22.7 Å². The Labute approximate surface area is 115 Å². The Morgan fingerprint density at radius 1 is 1.37 bits per heavy atom. The van der Waals surface area contributed by atoms with E-state index in [-0.39, 0.29) is 22.7 Å². The van der Waals surface area contributed by atoms with E-state index < -0.39 is 6.36 Å². The highest BCUT2D eigenvalue weighted by atomic mass is 79.9. The van der Waals surface area contributed by atoms with Gasteiger partial charge in [-0.05, 0) is 34.1 Å². The third kappa shape index (κ3) is 3.60. The Balaban J connectivity index is 2.21. The summed E-state index contributed by atoms with van der Waals surface area (Å²) in [4.78, 5) is 13.0. The van der Waals surface area contributed by atoms with E-state index in [0.29, 0.717) is 18.8 Å². The van der Waals surface area contributed by atoms with E-state index in [2.05, 4.69) is 20.7 Å². The van der Waals surface area contributed by atoms with Gasteiger partial charge in [0, 0.05) is 12.2 Å². The molecule has 1 saturated heterocycles. The van der Waals surface area contributed by atoms with Crippen LogP contribution < -0.4 is 9.64 Å². The molecule has 1 heterocycles. The van der Waals surface area contributed by atoms with Gasteiger partial charge in [0.1, 0.15) is 12.4 Å². The molecule has 8 heteroatoms. The van der Waals surface area contributed by atoms with Gasteiger partial charge in [0.2, 0.25) is 0 Å². The van der Waals surface area contributed by atoms with Crippen molar-refractivity contribution in [3.8, 4) is 5.75 Å². The topological polar surface area (TPSA) is 38.8 Å². The number of alkyl halides is 3. The van der Waals surface area contributed by atoms with E-state index >= 15 is 0 Å². The van der Waals surface area contributed by atoms with Gasteiger partial charge >= 0.3 is 6.36 Å². The number of carbonyl (C=O) groups is 1. The largest absolute Gasteiger partial charge is 0.573 e. The average Bonchev–Trinajstić information content (AvgIpc) is 2.31.